The van der Waals surface area contributed by atoms with Crippen molar-refractivity contribution in [3.8, 4) is 0 Å². The Morgan fingerprint density at radius 1 is 1.09 bits per heavy atom. The molecule has 1 amide bonds. The Kier molecular flexibility index (Phi) is 6.68. The fourth-order valence-electron chi connectivity index (χ4n) is 2.32. The van der Waals surface area contributed by atoms with E-state index in [9.17, 15) is 4.79 Å². The fraction of sp³-hybridized carbons (Fsp3) is 0.316. The summed E-state index contributed by atoms with van der Waals surface area (Å²) in [4.78, 5) is 15.3. The average Bonchev–Trinajstić information content (AvgIpc) is 2.55. The molecule has 0 bridgehead atoms. The Morgan fingerprint density at radius 3 is 2.35 bits per heavy atom. The first-order valence-electron chi connectivity index (χ1n) is 7.74. The van der Waals surface area contributed by atoms with Crippen molar-refractivity contribution in [1.29, 1.82) is 0 Å². The highest BCUT2D eigenvalue weighted by atomic mass is 32.2. The maximum atomic E-state index is 12.1. The van der Waals surface area contributed by atoms with Gasteiger partial charge in [-0.3, -0.25) is 4.79 Å². The number of nitrogens with zero attached hydrogens (tertiary/aromatic N) is 1. The van der Waals surface area contributed by atoms with Crippen LogP contribution in [0.25, 0.3) is 0 Å². The van der Waals surface area contributed by atoms with Gasteiger partial charge >= 0.3 is 0 Å². The molecule has 4 heteroatoms. The minimum absolute atomic E-state index is 0.0679. The summed E-state index contributed by atoms with van der Waals surface area (Å²) in [5, 5.41) is 3.04. The summed E-state index contributed by atoms with van der Waals surface area (Å²) < 4.78 is 0. The zero-order valence-electron chi connectivity index (χ0n) is 14.0. The maximum Gasteiger partial charge on any atom is 0.230 e. The molecular formula is C19H24N2OS. The average molecular weight is 328 g/mol. The van der Waals surface area contributed by atoms with Crippen LogP contribution in [0.4, 0.5) is 0 Å². The number of amides is 1. The number of likely N-dealkylation sites (N-methyl/N-ethyl adjacent to an activating group) is 1. The molecule has 0 fully saturated rings. The number of aryl methyl sites for hydroxylation is 1. The first-order valence-corrected chi connectivity index (χ1v) is 8.72. The van der Waals surface area contributed by atoms with E-state index in [1.54, 1.807) is 11.8 Å². The number of rotatable bonds is 7. The molecule has 1 unspecified atom stereocenters. The van der Waals surface area contributed by atoms with Gasteiger partial charge in [0.15, 0.2) is 0 Å². The molecule has 0 saturated heterocycles. The minimum Gasteiger partial charge on any atom is -0.353 e. The number of thioether (sulfide) groups is 1. The SMILES string of the molecule is Cc1ccc(SCC(=O)NCC(c2ccccc2)N(C)C)cc1. The maximum absolute atomic E-state index is 12.1. The van der Waals surface area contributed by atoms with E-state index < -0.39 is 0 Å². The monoisotopic (exact) mass is 328 g/mol. The highest BCUT2D eigenvalue weighted by Crippen LogP contribution is 2.19. The second kappa shape index (κ2) is 8.75. The molecule has 0 aliphatic carbocycles. The third-order valence-electron chi connectivity index (χ3n) is 3.69. The van der Waals surface area contributed by atoms with Crippen molar-refractivity contribution in [3.05, 3.63) is 65.7 Å². The van der Waals surface area contributed by atoms with E-state index in [1.165, 1.54) is 11.1 Å². The Bertz CT molecular complexity index is 611. The second-order valence-corrected chi connectivity index (χ2v) is 6.84. The fourth-order valence-corrected chi connectivity index (χ4v) is 3.05. The first-order chi connectivity index (χ1) is 11.1. The van der Waals surface area contributed by atoms with Gasteiger partial charge in [0, 0.05) is 11.4 Å². The quantitative estimate of drug-likeness (QED) is 0.790. The van der Waals surface area contributed by atoms with Gasteiger partial charge in [-0.15, -0.1) is 11.8 Å². The van der Waals surface area contributed by atoms with Crippen molar-refractivity contribution >= 4 is 17.7 Å². The van der Waals surface area contributed by atoms with E-state index >= 15 is 0 Å². The van der Waals surface area contributed by atoms with E-state index in [4.69, 9.17) is 0 Å². The summed E-state index contributed by atoms with van der Waals surface area (Å²) in [7, 11) is 4.07. The van der Waals surface area contributed by atoms with Gasteiger partial charge in [-0.2, -0.15) is 0 Å². The zero-order valence-corrected chi connectivity index (χ0v) is 14.8. The van der Waals surface area contributed by atoms with Crippen LogP contribution in [-0.2, 0) is 4.79 Å². The number of nitrogens with one attached hydrogen (secondary N) is 1. The Morgan fingerprint density at radius 2 is 1.74 bits per heavy atom. The van der Waals surface area contributed by atoms with Gasteiger partial charge in [-0.1, -0.05) is 48.0 Å². The summed E-state index contributed by atoms with van der Waals surface area (Å²) in [6.45, 7) is 2.68. The van der Waals surface area contributed by atoms with Crippen molar-refractivity contribution in [2.45, 2.75) is 17.9 Å². The van der Waals surface area contributed by atoms with Crippen LogP contribution < -0.4 is 5.32 Å². The van der Waals surface area contributed by atoms with Gasteiger partial charge in [-0.05, 0) is 38.7 Å². The number of carbonyl (C=O) groups excluding carboxylic acids is 1. The molecule has 0 spiro atoms. The van der Waals surface area contributed by atoms with Crippen LogP contribution in [0, 0.1) is 6.92 Å². The molecule has 1 atom stereocenters. The summed E-state index contributed by atoms with van der Waals surface area (Å²) in [5.74, 6) is 0.510. The largest absolute Gasteiger partial charge is 0.353 e. The van der Waals surface area contributed by atoms with Gasteiger partial charge in [0.25, 0.3) is 0 Å². The van der Waals surface area contributed by atoms with Crippen LogP contribution in [0.1, 0.15) is 17.2 Å². The van der Waals surface area contributed by atoms with Gasteiger partial charge < -0.3 is 10.2 Å². The Balaban J connectivity index is 1.83. The van der Waals surface area contributed by atoms with Crippen LogP contribution >= 0.6 is 11.8 Å². The van der Waals surface area contributed by atoms with Gasteiger partial charge in [0.1, 0.15) is 0 Å². The van der Waals surface area contributed by atoms with E-state index in [1.807, 2.05) is 32.3 Å². The number of benzene rings is 2. The minimum atomic E-state index is 0.0679. The standard InChI is InChI=1S/C19H24N2OS/c1-15-9-11-17(12-10-15)23-14-19(22)20-13-18(21(2)3)16-7-5-4-6-8-16/h4-12,18H,13-14H2,1-3H3,(H,20,22). The molecule has 0 aromatic heterocycles. The molecule has 2 rings (SSSR count). The predicted octanol–water partition coefficient (Wildman–Crippen LogP) is 3.51. The molecule has 2 aromatic carbocycles. The number of hydrogen-bond acceptors (Lipinski definition) is 3. The van der Waals surface area contributed by atoms with Crippen molar-refractivity contribution in [2.24, 2.45) is 0 Å². The van der Waals surface area contributed by atoms with Gasteiger partial charge in [0.2, 0.25) is 5.91 Å². The van der Waals surface area contributed by atoms with Gasteiger partial charge in [0.05, 0.1) is 11.8 Å². The molecule has 1 N–H and O–H groups in total. The van der Waals surface area contributed by atoms with Crippen LogP contribution in [-0.4, -0.2) is 37.2 Å². The highest BCUT2D eigenvalue weighted by molar-refractivity contribution is 8.00. The summed E-state index contributed by atoms with van der Waals surface area (Å²) in [6.07, 6.45) is 0. The normalized spacial score (nSPS) is 12.2. The number of carbonyl (C=O) groups is 1. The summed E-state index contributed by atoms with van der Waals surface area (Å²) in [5.41, 5.74) is 2.44. The first kappa shape index (κ1) is 17.6. The third kappa shape index (κ3) is 5.73. The molecule has 0 radical (unpaired) electrons. The van der Waals surface area contributed by atoms with E-state index in [2.05, 4.69) is 53.5 Å². The van der Waals surface area contributed by atoms with Gasteiger partial charge in [-0.25, -0.2) is 0 Å². The topological polar surface area (TPSA) is 32.3 Å². The highest BCUT2D eigenvalue weighted by Gasteiger charge is 2.14. The molecule has 0 aliphatic rings. The lowest BCUT2D eigenvalue weighted by Gasteiger charge is -2.25. The van der Waals surface area contributed by atoms with Crippen molar-refractivity contribution in [1.82, 2.24) is 10.2 Å². The molecule has 0 heterocycles. The molecule has 0 saturated carbocycles. The summed E-state index contributed by atoms with van der Waals surface area (Å²) in [6, 6.07) is 18.7. The molecule has 23 heavy (non-hydrogen) atoms. The zero-order chi connectivity index (χ0) is 16.7. The molecule has 122 valence electrons. The van der Waals surface area contributed by atoms with Crippen LogP contribution in [0.2, 0.25) is 0 Å². The van der Waals surface area contributed by atoms with Crippen molar-refractivity contribution in [3.63, 3.8) is 0 Å². The lowest BCUT2D eigenvalue weighted by molar-refractivity contribution is -0.118. The van der Waals surface area contributed by atoms with Crippen molar-refractivity contribution in [2.75, 3.05) is 26.4 Å². The predicted molar refractivity (Wildman–Crippen MR) is 97.8 cm³/mol. The lowest BCUT2D eigenvalue weighted by Crippen LogP contribution is -2.35. The van der Waals surface area contributed by atoms with E-state index in [0.29, 0.717) is 12.3 Å². The van der Waals surface area contributed by atoms with E-state index in [0.717, 1.165) is 4.90 Å². The van der Waals surface area contributed by atoms with Crippen LogP contribution in [0.5, 0.6) is 0 Å². The second-order valence-electron chi connectivity index (χ2n) is 5.80. The van der Waals surface area contributed by atoms with Crippen molar-refractivity contribution < 1.29 is 4.79 Å². The number of hydrogen-bond donors (Lipinski definition) is 1. The van der Waals surface area contributed by atoms with Crippen LogP contribution in [0.3, 0.4) is 0 Å². The molecule has 0 aliphatic heterocycles. The molecule has 3 nitrogen and oxygen atoms in total. The van der Waals surface area contributed by atoms with E-state index in [-0.39, 0.29) is 11.9 Å². The Labute approximate surface area is 143 Å². The lowest BCUT2D eigenvalue weighted by atomic mass is 10.1. The van der Waals surface area contributed by atoms with Crippen LogP contribution in [0.15, 0.2) is 59.5 Å². The Hall–Kier alpha value is -1.78. The molecule has 2 aromatic rings. The summed E-state index contributed by atoms with van der Waals surface area (Å²) >= 11 is 1.57. The smallest absolute Gasteiger partial charge is 0.230 e. The third-order valence-corrected chi connectivity index (χ3v) is 4.70. The molecular weight excluding hydrogens is 304 g/mol.